The van der Waals surface area contributed by atoms with Gasteiger partial charge < -0.3 is 24.8 Å². The van der Waals surface area contributed by atoms with E-state index < -0.39 is 17.8 Å². The number of rotatable bonds is 11. The second-order valence-electron chi connectivity index (χ2n) is 9.55. The van der Waals surface area contributed by atoms with Crippen molar-refractivity contribution in [3.8, 4) is 34.1 Å². The van der Waals surface area contributed by atoms with E-state index >= 15 is 0 Å². The van der Waals surface area contributed by atoms with E-state index in [4.69, 9.17) is 19.9 Å². The third-order valence-corrected chi connectivity index (χ3v) is 6.80. The molecule has 2 aromatic carbocycles. The molecule has 0 aliphatic heterocycles. The lowest BCUT2D eigenvalue weighted by Gasteiger charge is -2.18. The second kappa shape index (κ2) is 13.8. The Morgan fingerprint density at radius 1 is 0.929 bits per heavy atom. The van der Waals surface area contributed by atoms with E-state index in [2.05, 4.69) is 48.0 Å². The number of anilines is 1. The highest BCUT2D eigenvalue weighted by molar-refractivity contribution is 6.12. The molecule has 2 aliphatic rings. The molecule has 42 heavy (non-hydrogen) atoms. The van der Waals surface area contributed by atoms with Gasteiger partial charge >= 0.3 is 6.03 Å². The third kappa shape index (κ3) is 7.32. The SMILES string of the molecule is CCN(CC)CCCOc1cc2nccc(Oc3ccc(N(C(C)=O)C(N)=O)cc3F)c2cc1OC.c1cc2cc-2c1. The maximum absolute atomic E-state index is 14.8. The van der Waals surface area contributed by atoms with Crippen LogP contribution in [0.2, 0.25) is 0 Å². The minimum absolute atomic E-state index is 0.00360. The van der Waals surface area contributed by atoms with E-state index in [-0.39, 0.29) is 11.4 Å². The molecule has 0 saturated carbocycles. The number of hydrogen-bond donors (Lipinski definition) is 1. The van der Waals surface area contributed by atoms with Crippen molar-refractivity contribution in [3.05, 3.63) is 72.7 Å². The Morgan fingerprint density at radius 3 is 2.21 bits per heavy atom. The molecule has 10 heteroatoms. The van der Waals surface area contributed by atoms with Crippen LogP contribution in [0.1, 0.15) is 27.2 Å². The lowest BCUT2D eigenvalue weighted by Crippen LogP contribution is -2.39. The number of imide groups is 1. The fourth-order valence-corrected chi connectivity index (χ4v) is 4.47. The molecule has 3 amide bonds. The van der Waals surface area contributed by atoms with Crippen LogP contribution in [0.5, 0.6) is 23.0 Å². The van der Waals surface area contributed by atoms with Crippen molar-refractivity contribution < 1.29 is 28.2 Å². The molecular formula is C32H35FN4O5. The zero-order valence-corrected chi connectivity index (χ0v) is 24.2. The molecule has 2 N–H and O–H groups in total. The van der Waals surface area contributed by atoms with Gasteiger partial charge in [-0.1, -0.05) is 32.0 Å². The molecule has 220 valence electrons. The average Bonchev–Trinajstić information content (AvgIpc) is 3.57. The highest BCUT2D eigenvalue weighted by Crippen LogP contribution is 2.38. The Kier molecular flexibility index (Phi) is 9.93. The van der Waals surface area contributed by atoms with Gasteiger partial charge in [0.15, 0.2) is 23.1 Å². The fourth-order valence-electron chi connectivity index (χ4n) is 4.47. The van der Waals surface area contributed by atoms with Crippen molar-refractivity contribution in [3.63, 3.8) is 0 Å². The van der Waals surface area contributed by atoms with E-state index in [0.717, 1.165) is 39.0 Å². The van der Waals surface area contributed by atoms with Crippen LogP contribution in [0.3, 0.4) is 0 Å². The van der Waals surface area contributed by atoms with E-state index in [1.54, 1.807) is 31.5 Å². The second-order valence-corrected chi connectivity index (χ2v) is 9.55. The Bertz CT molecular complexity index is 1540. The summed E-state index contributed by atoms with van der Waals surface area (Å²) in [7, 11) is 1.54. The van der Waals surface area contributed by atoms with Gasteiger partial charge in [0.1, 0.15) is 5.75 Å². The molecule has 1 aromatic heterocycles. The monoisotopic (exact) mass is 574 g/mol. The third-order valence-electron chi connectivity index (χ3n) is 6.80. The molecule has 5 rings (SSSR count). The number of ether oxygens (including phenoxy) is 3. The normalized spacial score (nSPS) is 11.0. The number of urea groups is 1. The Labute approximate surface area is 244 Å². The lowest BCUT2D eigenvalue weighted by atomic mass is 10.1. The predicted octanol–water partition coefficient (Wildman–Crippen LogP) is 6.38. The first kappa shape index (κ1) is 30.3. The van der Waals surface area contributed by atoms with Crippen molar-refractivity contribution in [2.75, 3.05) is 38.3 Å². The number of nitrogens with zero attached hydrogens (tertiary/aromatic N) is 3. The van der Waals surface area contributed by atoms with Crippen LogP contribution in [-0.2, 0) is 4.79 Å². The van der Waals surface area contributed by atoms with Crippen LogP contribution >= 0.6 is 0 Å². The summed E-state index contributed by atoms with van der Waals surface area (Å²) in [5, 5.41) is 0.593. The first-order valence-corrected chi connectivity index (χ1v) is 13.8. The Hall–Kier alpha value is -4.70. The van der Waals surface area contributed by atoms with Gasteiger partial charge in [0.05, 0.1) is 24.9 Å². The van der Waals surface area contributed by atoms with Gasteiger partial charge in [0.2, 0.25) is 5.91 Å². The lowest BCUT2D eigenvalue weighted by molar-refractivity contribution is -0.115. The minimum atomic E-state index is -1.01. The molecule has 0 saturated heterocycles. The van der Waals surface area contributed by atoms with Crippen LogP contribution in [-0.4, -0.2) is 55.2 Å². The van der Waals surface area contributed by atoms with Crippen LogP contribution < -0.4 is 24.8 Å². The number of pyridine rings is 1. The molecular weight excluding hydrogens is 539 g/mol. The molecule has 0 spiro atoms. The van der Waals surface area contributed by atoms with Gasteiger partial charge in [0.25, 0.3) is 0 Å². The maximum atomic E-state index is 14.8. The van der Waals surface area contributed by atoms with Crippen molar-refractivity contribution in [2.45, 2.75) is 27.2 Å². The van der Waals surface area contributed by atoms with Gasteiger partial charge in [0, 0.05) is 37.2 Å². The average molecular weight is 575 g/mol. The molecule has 3 aromatic rings. The first-order valence-electron chi connectivity index (χ1n) is 13.8. The van der Waals surface area contributed by atoms with Crippen LogP contribution in [0.25, 0.3) is 22.0 Å². The van der Waals surface area contributed by atoms with Crippen LogP contribution in [0.15, 0.2) is 66.9 Å². The molecule has 0 unspecified atom stereocenters. The van der Waals surface area contributed by atoms with Gasteiger partial charge in [-0.3, -0.25) is 9.78 Å². The van der Waals surface area contributed by atoms with Crippen molar-refractivity contribution in [2.24, 2.45) is 5.73 Å². The molecule has 9 nitrogen and oxygen atoms in total. The number of aromatic nitrogens is 1. The van der Waals surface area contributed by atoms with Gasteiger partial charge in [-0.05, 0) is 61.0 Å². The van der Waals surface area contributed by atoms with E-state index in [0.29, 0.717) is 39.7 Å². The zero-order chi connectivity index (χ0) is 30.2. The van der Waals surface area contributed by atoms with Gasteiger partial charge in [-0.15, -0.1) is 0 Å². The molecule has 2 aliphatic carbocycles. The minimum Gasteiger partial charge on any atom is -0.493 e. The van der Waals surface area contributed by atoms with Gasteiger partial charge in [-0.2, -0.15) is 0 Å². The summed E-state index contributed by atoms with van der Waals surface area (Å²) < 4.78 is 32.1. The van der Waals surface area contributed by atoms with Crippen molar-refractivity contribution in [1.29, 1.82) is 0 Å². The van der Waals surface area contributed by atoms with Gasteiger partial charge in [-0.25, -0.2) is 14.1 Å². The fraction of sp³-hybridized carbons (Fsp3) is 0.281. The summed E-state index contributed by atoms with van der Waals surface area (Å²) in [4.78, 5) is 30.6. The van der Waals surface area contributed by atoms with Crippen LogP contribution in [0, 0.1) is 5.82 Å². The summed E-state index contributed by atoms with van der Waals surface area (Å²) >= 11 is 0. The molecule has 1 heterocycles. The Morgan fingerprint density at radius 2 is 1.67 bits per heavy atom. The molecule has 0 atom stereocenters. The largest absolute Gasteiger partial charge is 0.493 e. The summed E-state index contributed by atoms with van der Waals surface area (Å²) in [6.45, 7) is 8.86. The number of benzene rings is 3. The first-order chi connectivity index (χ1) is 20.2. The number of nitrogens with two attached hydrogens (primary N) is 1. The molecule has 0 radical (unpaired) electrons. The van der Waals surface area contributed by atoms with E-state index in [1.165, 1.54) is 23.3 Å². The number of primary amides is 1. The highest BCUT2D eigenvalue weighted by Gasteiger charge is 2.20. The highest BCUT2D eigenvalue weighted by atomic mass is 19.1. The molecule has 0 bridgehead atoms. The van der Waals surface area contributed by atoms with Crippen molar-refractivity contribution in [1.82, 2.24) is 9.88 Å². The Balaban J connectivity index is 0.000000587. The number of amides is 3. The van der Waals surface area contributed by atoms with Crippen LogP contribution in [0.4, 0.5) is 14.9 Å². The van der Waals surface area contributed by atoms with Crippen molar-refractivity contribution >= 4 is 28.5 Å². The maximum Gasteiger partial charge on any atom is 0.326 e. The number of carbonyl (C=O) groups is 2. The smallest absolute Gasteiger partial charge is 0.326 e. The zero-order valence-electron chi connectivity index (χ0n) is 24.2. The standard InChI is InChI=1S/C26H31FN4O5.C6H4/c1-5-30(6-2)12-7-13-35-25-16-21-19(15-24(25)34-4)22(10-11-29-21)36-23-9-8-18(14-20(23)27)31(17(3)32)26(28)33;1-2-5-4-6(5)3-1/h8-11,14-16H,5-7,12-13H2,1-4H3,(H2,28,33);1-4H. The van der Waals surface area contributed by atoms with E-state index in [1.807, 2.05) is 0 Å². The topological polar surface area (TPSA) is 107 Å². The number of methoxy groups -OCH3 is 1. The predicted molar refractivity (Wildman–Crippen MR) is 161 cm³/mol. The number of carbonyl (C=O) groups excluding carboxylic acids is 2. The molecule has 0 fully saturated rings. The number of halogens is 1. The quantitative estimate of drug-likeness (QED) is 0.182. The summed E-state index contributed by atoms with van der Waals surface area (Å²) in [5.74, 6) is -0.108. The summed E-state index contributed by atoms with van der Waals surface area (Å²) in [6.07, 6.45) is 2.41. The van der Waals surface area contributed by atoms with E-state index in [9.17, 15) is 14.0 Å². The summed E-state index contributed by atoms with van der Waals surface area (Å²) in [6, 6.07) is 16.3. The number of hydrogen-bond acceptors (Lipinski definition) is 7. The summed E-state index contributed by atoms with van der Waals surface area (Å²) in [5.41, 5.74) is 8.67. The number of fused-ring (bicyclic) bond motifs is 2.